The fourth-order valence-electron chi connectivity index (χ4n) is 4.05. The van der Waals surface area contributed by atoms with Crippen LogP contribution in [-0.2, 0) is 6.54 Å². The van der Waals surface area contributed by atoms with Crippen LogP contribution in [0.5, 0.6) is 5.75 Å². The molecule has 3 nitrogen and oxygen atoms in total. The Labute approximate surface area is 155 Å². The topological polar surface area (TPSA) is 41.0 Å². The molecule has 0 unspecified atom stereocenters. The van der Waals surface area contributed by atoms with E-state index in [2.05, 4.69) is 28.6 Å². The van der Waals surface area contributed by atoms with Crippen LogP contribution >= 0.6 is 11.6 Å². The summed E-state index contributed by atoms with van der Waals surface area (Å²) < 4.78 is 2.29. The molecule has 0 saturated heterocycles. The number of benzene rings is 3. The third-order valence-electron chi connectivity index (χ3n) is 5.15. The molecular formula is C22H17ClN2O. The van der Waals surface area contributed by atoms with Gasteiger partial charge in [0.2, 0.25) is 0 Å². The maximum atomic E-state index is 10.0. The minimum Gasteiger partial charge on any atom is -0.508 e. The summed E-state index contributed by atoms with van der Waals surface area (Å²) >= 11 is 6.50. The van der Waals surface area contributed by atoms with E-state index in [0.29, 0.717) is 0 Å². The first-order chi connectivity index (χ1) is 12.7. The number of hydrogen-bond acceptors (Lipinski definition) is 1. The molecule has 0 saturated carbocycles. The van der Waals surface area contributed by atoms with E-state index >= 15 is 0 Å². The monoisotopic (exact) mass is 360 g/mol. The van der Waals surface area contributed by atoms with E-state index < -0.39 is 0 Å². The number of aromatic amines is 1. The van der Waals surface area contributed by atoms with E-state index in [0.717, 1.165) is 55.3 Å². The molecule has 0 aliphatic carbocycles. The predicted octanol–water partition coefficient (Wildman–Crippen LogP) is 6.32. The average molecular weight is 361 g/mol. The molecule has 0 aliphatic heterocycles. The second-order valence-electron chi connectivity index (χ2n) is 6.53. The van der Waals surface area contributed by atoms with Crippen LogP contribution in [0.25, 0.3) is 43.7 Å². The Morgan fingerprint density at radius 3 is 2.54 bits per heavy atom. The Balaban J connectivity index is 2.02. The Morgan fingerprint density at radius 1 is 0.923 bits per heavy atom. The lowest BCUT2D eigenvalue weighted by Crippen LogP contribution is -1.93. The zero-order chi connectivity index (χ0) is 17.8. The highest BCUT2D eigenvalue weighted by Crippen LogP contribution is 2.42. The number of rotatable bonds is 2. The molecule has 2 N–H and O–H groups in total. The van der Waals surface area contributed by atoms with Gasteiger partial charge in [0.1, 0.15) is 5.75 Å². The number of nitrogens with zero attached hydrogens (tertiary/aromatic N) is 1. The van der Waals surface area contributed by atoms with Crippen LogP contribution in [0.4, 0.5) is 0 Å². The molecular weight excluding hydrogens is 344 g/mol. The van der Waals surface area contributed by atoms with Crippen LogP contribution in [0.3, 0.4) is 0 Å². The van der Waals surface area contributed by atoms with Gasteiger partial charge >= 0.3 is 0 Å². The molecule has 5 rings (SSSR count). The quantitative estimate of drug-likeness (QED) is 0.380. The highest BCUT2D eigenvalue weighted by atomic mass is 35.5. The van der Waals surface area contributed by atoms with Gasteiger partial charge in [-0.3, -0.25) is 0 Å². The normalized spacial score (nSPS) is 11.8. The van der Waals surface area contributed by atoms with Gasteiger partial charge in [-0.25, -0.2) is 0 Å². The minimum absolute atomic E-state index is 0.284. The first-order valence-corrected chi connectivity index (χ1v) is 9.06. The molecule has 5 aromatic rings. The van der Waals surface area contributed by atoms with Crippen LogP contribution < -0.4 is 0 Å². The van der Waals surface area contributed by atoms with Gasteiger partial charge in [-0.15, -0.1) is 0 Å². The van der Waals surface area contributed by atoms with Crippen LogP contribution in [-0.4, -0.2) is 14.7 Å². The maximum absolute atomic E-state index is 10.0. The van der Waals surface area contributed by atoms with Gasteiger partial charge in [0.05, 0.1) is 5.52 Å². The molecule has 26 heavy (non-hydrogen) atoms. The van der Waals surface area contributed by atoms with Crippen LogP contribution in [0.1, 0.15) is 6.92 Å². The Bertz CT molecular complexity index is 1300. The van der Waals surface area contributed by atoms with Crippen molar-refractivity contribution in [2.24, 2.45) is 0 Å². The number of aryl methyl sites for hydroxylation is 1. The van der Waals surface area contributed by atoms with Crippen molar-refractivity contribution in [2.75, 3.05) is 0 Å². The van der Waals surface area contributed by atoms with Gasteiger partial charge in [0.25, 0.3) is 0 Å². The number of halogens is 1. The Kier molecular flexibility index (Phi) is 3.28. The number of fused-ring (bicyclic) bond motifs is 5. The number of aromatic hydroxyl groups is 1. The van der Waals surface area contributed by atoms with E-state index in [1.54, 1.807) is 6.07 Å². The lowest BCUT2D eigenvalue weighted by atomic mass is 9.97. The van der Waals surface area contributed by atoms with E-state index in [1.807, 2.05) is 42.7 Å². The zero-order valence-electron chi connectivity index (χ0n) is 14.3. The minimum atomic E-state index is 0.284. The lowest BCUT2D eigenvalue weighted by molar-refractivity contribution is 0.476. The van der Waals surface area contributed by atoms with Crippen molar-refractivity contribution in [1.82, 2.24) is 9.55 Å². The smallest absolute Gasteiger partial charge is 0.116 e. The van der Waals surface area contributed by atoms with Crippen molar-refractivity contribution in [3.8, 4) is 16.9 Å². The molecule has 0 bridgehead atoms. The summed E-state index contributed by atoms with van der Waals surface area (Å²) in [5.41, 5.74) is 4.41. The molecule has 0 amide bonds. The molecule has 2 heterocycles. The Hall–Kier alpha value is -2.91. The molecule has 3 aromatic carbocycles. The number of phenolic OH excluding ortho intramolecular Hbond substituents is 1. The SMILES string of the molecule is CCn1c2ccc(O)cc2c2c3c[nH]cc3c(-c3ccccc3Cl)cc21. The van der Waals surface area contributed by atoms with Crippen LogP contribution in [0.15, 0.2) is 60.9 Å². The van der Waals surface area contributed by atoms with Crippen LogP contribution in [0.2, 0.25) is 5.02 Å². The summed E-state index contributed by atoms with van der Waals surface area (Å²) in [7, 11) is 0. The molecule has 0 aliphatic rings. The van der Waals surface area contributed by atoms with Gasteiger partial charge < -0.3 is 14.7 Å². The molecule has 0 fully saturated rings. The van der Waals surface area contributed by atoms with Gasteiger partial charge in [-0.2, -0.15) is 0 Å². The summed E-state index contributed by atoms with van der Waals surface area (Å²) in [5.74, 6) is 0.284. The number of hydrogen-bond donors (Lipinski definition) is 2. The van der Waals surface area contributed by atoms with Gasteiger partial charge in [-0.1, -0.05) is 29.8 Å². The van der Waals surface area contributed by atoms with Crippen molar-refractivity contribution in [3.05, 3.63) is 65.9 Å². The zero-order valence-corrected chi connectivity index (χ0v) is 15.0. The van der Waals surface area contributed by atoms with Crippen molar-refractivity contribution in [3.63, 3.8) is 0 Å². The first kappa shape index (κ1) is 15.4. The summed E-state index contributed by atoms with van der Waals surface area (Å²) in [6.45, 7) is 2.99. The second kappa shape index (κ2) is 5.55. The largest absolute Gasteiger partial charge is 0.508 e. The molecule has 4 heteroatoms. The summed E-state index contributed by atoms with van der Waals surface area (Å²) in [6, 6.07) is 15.7. The predicted molar refractivity (Wildman–Crippen MR) is 109 cm³/mol. The first-order valence-electron chi connectivity index (χ1n) is 8.68. The third-order valence-corrected chi connectivity index (χ3v) is 5.48. The van der Waals surface area contributed by atoms with E-state index in [-0.39, 0.29) is 5.75 Å². The third kappa shape index (κ3) is 2.01. The van der Waals surface area contributed by atoms with Crippen molar-refractivity contribution >= 4 is 44.2 Å². The molecule has 0 atom stereocenters. The molecule has 2 aromatic heterocycles. The number of phenols is 1. The second-order valence-corrected chi connectivity index (χ2v) is 6.93. The van der Waals surface area contributed by atoms with Gasteiger partial charge in [0, 0.05) is 56.6 Å². The fraction of sp³-hybridized carbons (Fsp3) is 0.0909. The van der Waals surface area contributed by atoms with Crippen molar-refractivity contribution < 1.29 is 5.11 Å². The average Bonchev–Trinajstić information content (AvgIpc) is 3.23. The number of aromatic nitrogens is 2. The van der Waals surface area contributed by atoms with E-state index in [4.69, 9.17) is 11.6 Å². The lowest BCUT2D eigenvalue weighted by Gasteiger charge is -2.09. The van der Waals surface area contributed by atoms with Gasteiger partial charge in [0.15, 0.2) is 0 Å². The maximum Gasteiger partial charge on any atom is 0.116 e. The van der Waals surface area contributed by atoms with E-state index in [9.17, 15) is 5.11 Å². The molecule has 0 spiro atoms. The van der Waals surface area contributed by atoms with Crippen molar-refractivity contribution in [1.29, 1.82) is 0 Å². The highest BCUT2D eigenvalue weighted by molar-refractivity contribution is 6.34. The summed E-state index contributed by atoms with van der Waals surface area (Å²) in [6.07, 6.45) is 4.05. The molecule has 128 valence electrons. The van der Waals surface area contributed by atoms with Crippen molar-refractivity contribution in [2.45, 2.75) is 13.5 Å². The fourth-order valence-corrected chi connectivity index (χ4v) is 4.28. The summed E-state index contributed by atoms with van der Waals surface area (Å²) in [4.78, 5) is 3.25. The number of H-pyrrole nitrogens is 1. The van der Waals surface area contributed by atoms with Crippen LogP contribution in [0, 0.1) is 0 Å². The standard InChI is InChI=1S/C22H17ClN2O/c1-2-25-20-8-7-13(26)9-16(20)22-18-12-24-11-17(18)15(10-21(22)25)14-5-3-4-6-19(14)23/h3-12,24,26H,2H2,1H3. The highest BCUT2D eigenvalue weighted by Gasteiger charge is 2.18. The Morgan fingerprint density at radius 2 is 1.73 bits per heavy atom. The van der Waals surface area contributed by atoms with E-state index in [1.165, 1.54) is 0 Å². The summed E-state index contributed by atoms with van der Waals surface area (Å²) in [5, 5.41) is 15.3. The number of nitrogens with one attached hydrogen (secondary N) is 1. The molecule has 0 radical (unpaired) electrons. The van der Waals surface area contributed by atoms with Gasteiger partial charge in [-0.05, 0) is 42.8 Å².